The Morgan fingerprint density at radius 1 is 1.41 bits per heavy atom. The van der Waals surface area contributed by atoms with Gasteiger partial charge in [-0.3, -0.25) is 19.7 Å². The van der Waals surface area contributed by atoms with Gasteiger partial charge in [0.05, 0.1) is 28.3 Å². The van der Waals surface area contributed by atoms with E-state index in [9.17, 15) is 19.7 Å². The van der Waals surface area contributed by atoms with Gasteiger partial charge in [0.25, 0.3) is 11.6 Å². The SMILES string of the molecule is Cc1c(C(=O)NC(C)(CC(=O)O)C(C)C)nnn1-c1cccc([N+](=O)[O-])c1. The lowest BCUT2D eigenvalue weighted by Gasteiger charge is -2.33. The maximum Gasteiger partial charge on any atom is 0.305 e. The van der Waals surface area contributed by atoms with Crippen molar-refractivity contribution in [1.82, 2.24) is 20.3 Å². The lowest BCUT2D eigenvalue weighted by molar-refractivity contribution is -0.384. The minimum Gasteiger partial charge on any atom is -0.481 e. The average Bonchev–Trinajstić information content (AvgIpc) is 2.95. The maximum atomic E-state index is 12.7. The van der Waals surface area contributed by atoms with Crippen molar-refractivity contribution >= 4 is 17.6 Å². The third-order valence-electron chi connectivity index (χ3n) is 4.59. The molecular formula is C17H21N5O5. The molecule has 144 valence electrons. The van der Waals surface area contributed by atoms with Crippen LogP contribution in [0.25, 0.3) is 5.69 Å². The molecule has 0 saturated carbocycles. The predicted octanol–water partition coefficient (Wildman–Crippen LogP) is 2.10. The molecule has 0 fully saturated rings. The van der Waals surface area contributed by atoms with Gasteiger partial charge in [-0.1, -0.05) is 25.1 Å². The zero-order valence-corrected chi connectivity index (χ0v) is 15.5. The molecule has 2 aromatic rings. The second-order valence-corrected chi connectivity index (χ2v) is 6.81. The van der Waals surface area contributed by atoms with E-state index in [1.807, 2.05) is 13.8 Å². The molecule has 1 atom stereocenters. The molecule has 2 rings (SSSR count). The number of aromatic nitrogens is 3. The molecule has 10 heteroatoms. The van der Waals surface area contributed by atoms with Crippen molar-refractivity contribution in [3.63, 3.8) is 0 Å². The maximum absolute atomic E-state index is 12.7. The standard InChI is InChI=1S/C17H21N5O5/c1-10(2)17(4,9-14(23)24)18-16(25)15-11(3)21(20-19-15)12-6-5-7-13(8-12)22(26)27/h5-8,10H,9H2,1-4H3,(H,18,25)(H,23,24). The van der Waals surface area contributed by atoms with Gasteiger partial charge >= 0.3 is 5.97 Å². The number of non-ortho nitro benzene ring substituents is 1. The summed E-state index contributed by atoms with van der Waals surface area (Å²) in [5.74, 6) is -1.71. The van der Waals surface area contributed by atoms with E-state index in [-0.39, 0.29) is 23.7 Å². The number of nitrogens with zero attached hydrogens (tertiary/aromatic N) is 4. The van der Waals surface area contributed by atoms with Gasteiger partial charge in [0, 0.05) is 12.1 Å². The van der Waals surface area contributed by atoms with Gasteiger partial charge in [0.1, 0.15) is 0 Å². The van der Waals surface area contributed by atoms with Gasteiger partial charge in [-0.05, 0) is 25.8 Å². The minimum atomic E-state index is -1.02. The first-order valence-corrected chi connectivity index (χ1v) is 8.26. The third kappa shape index (κ3) is 4.27. The van der Waals surface area contributed by atoms with Crippen LogP contribution in [0.5, 0.6) is 0 Å². The molecular weight excluding hydrogens is 354 g/mol. The van der Waals surface area contributed by atoms with Gasteiger partial charge in [0.2, 0.25) is 0 Å². The summed E-state index contributed by atoms with van der Waals surface area (Å²) >= 11 is 0. The Hall–Kier alpha value is -3.30. The molecule has 10 nitrogen and oxygen atoms in total. The molecule has 0 spiro atoms. The molecule has 1 amide bonds. The summed E-state index contributed by atoms with van der Waals surface area (Å²) in [6.45, 7) is 6.90. The molecule has 0 aliphatic carbocycles. The highest BCUT2D eigenvalue weighted by atomic mass is 16.6. The fourth-order valence-corrected chi connectivity index (χ4v) is 2.55. The first kappa shape index (κ1) is 20.0. The number of benzene rings is 1. The number of nitrogens with one attached hydrogen (secondary N) is 1. The number of nitro groups is 1. The van der Waals surface area contributed by atoms with Gasteiger partial charge in [-0.15, -0.1) is 5.10 Å². The van der Waals surface area contributed by atoms with Crippen molar-refractivity contribution in [3.05, 3.63) is 45.8 Å². The quantitative estimate of drug-likeness (QED) is 0.558. The van der Waals surface area contributed by atoms with Crippen LogP contribution >= 0.6 is 0 Å². The van der Waals surface area contributed by atoms with Crippen molar-refractivity contribution in [2.24, 2.45) is 5.92 Å². The lowest BCUT2D eigenvalue weighted by Crippen LogP contribution is -2.51. The van der Waals surface area contributed by atoms with E-state index >= 15 is 0 Å². The lowest BCUT2D eigenvalue weighted by atomic mass is 9.85. The van der Waals surface area contributed by atoms with E-state index in [0.717, 1.165) is 0 Å². The smallest absolute Gasteiger partial charge is 0.305 e. The second-order valence-electron chi connectivity index (χ2n) is 6.81. The molecule has 0 aliphatic rings. The monoisotopic (exact) mass is 375 g/mol. The zero-order valence-electron chi connectivity index (χ0n) is 15.5. The van der Waals surface area contributed by atoms with E-state index in [4.69, 9.17) is 5.11 Å². The molecule has 1 unspecified atom stereocenters. The van der Waals surface area contributed by atoms with Crippen LogP contribution in [0.4, 0.5) is 5.69 Å². The Labute approximate surface area is 155 Å². The number of hydrogen-bond acceptors (Lipinski definition) is 6. The van der Waals surface area contributed by atoms with Gasteiger partial charge in [-0.2, -0.15) is 0 Å². The number of nitro benzene ring substituents is 1. The Morgan fingerprint density at radius 2 is 2.07 bits per heavy atom. The number of carbonyl (C=O) groups is 2. The molecule has 2 N–H and O–H groups in total. The second kappa shape index (κ2) is 7.52. The number of carboxylic acids is 1. The molecule has 1 aromatic carbocycles. The summed E-state index contributed by atoms with van der Waals surface area (Å²) < 4.78 is 1.33. The van der Waals surface area contributed by atoms with Crippen LogP contribution in [0.2, 0.25) is 0 Å². The van der Waals surface area contributed by atoms with Crippen molar-refractivity contribution < 1.29 is 19.6 Å². The Balaban J connectivity index is 2.33. The highest BCUT2D eigenvalue weighted by molar-refractivity contribution is 5.94. The van der Waals surface area contributed by atoms with E-state index in [1.165, 1.54) is 22.9 Å². The van der Waals surface area contributed by atoms with Gasteiger partial charge in [0.15, 0.2) is 5.69 Å². The highest BCUT2D eigenvalue weighted by Gasteiger charge is 2.34. The molecule has 0 aliphatic heterocycles. The number of hydrogen-bond donors (Lipinski definition) is 2. The van der Waals surface area contributed by atoms with Crippen LogP contribution < -0.4 is 5.32 Å². The van der Waals surface area contributed by atoms with Gasteiger partial charge in [-0.25, -0.2) is 4.68 Å². The van der Waals surface area contributed by atoms with E-state index in [2.05, 4.69) is 15.6 Å². The molecule has 1 heterocycles. The fourth-order valence-electron chi connectivity index (χ4n) is 2.55. The summed E-state index contributed by atoms with van der Waals surface area (Å²) in [5.41, 5.74) is -0.272. The normalized spacial score (nSPS) is 13.2. The van der Waals surface area contributed by atoms with Crippen LogP contribution in [-0.4, -0.2) is 42.4 Å². The topological polar surface area (TPSA) is 140 Å². The first-order chi connectivity index (χ1) is 12.5. The zero-order chi connectivity index (χ0) is 20.4. The fraction of sp³-hybridized carbons (Fsp3) is 0.412. The summed E-state index contributed by atoms with van der Waals surface area (Å²) in [6.07, 6.45) is -0.242. The van der Waals surface area contributed by atoms with Crippen molar-refractivity contribution in [3.8, 4) is 5.69 Å². The Kier molecular flexibility index (Phi) is 5.58. The summed E-state index contributed by atoms with van der Waals surface area (Å²) in [7, 11) is 0. The third-order valence-corrected chi connectivity index (χ3v) is 4.59. The average molecular weight is 375 g/mol. The number of aliphatic carboxylic acids is 1. The summed E-state index contributed by atoms with van der Waals surface area (Å²) in [6, 6.07) is 5.80. The summed E-state index contributed by atoms with van der Waals surface area (Å²) in [5, 5.41) is 30.6. The first-order valence-electron chi connectivity index (χ1n) is 8.26. The minimum absolute atomic E-state index is 0.0266. The van der Waals surface area contributed by atoms with Crippen LogP contribution in [0.15, 0.2) is 24.3 Å². The van der Waals surface area contributed by atoms with Crippen LogP contribution in [0.1, 0.15) is 43.4 Å². The van der Waals surface area contributed by atoms with E-state index in [1.54, 1.807) is 19.9 Å². The Bertz CT molecular complexity index is 892. The molecule has 0 radical (unpaired) electrons. The highest BCUT2D eigenvalue weighted by Crippen LogP contribution is 2.23. The molecule has 1 aromatic heterocycles. The van der Waals surface area contributed by atoms with E-state index in [0.29, 0.717) is 11.4 Å². The molecule has 0 bridgehead atoms. The van der Waals surface area contributed by atoms with Crippen molar-refractivity contribution in [2.75, 3.05) is 0 Å². The van der Waals surface area contributed by atoms with Crippen LogP contribution in [0, 0.1) is 23.0 Å². The molecule has 0 saturated heterocycles. The van der Waals surface area contributed by atoms with Crippen molar-refractivity contribution in [2.45, 2.75) is 39.7 Å². The predicted molar refractivity (Wildman–Crippen MR) is 95.7 cm³/mol. The molecule has 27 heavy (non-hydrogen) atoms. The number of carboxylic acid groups (broad SMARTS) is 1. The van der Waals surface area contributed by atoms with Gasteiger partial charge < -0.3 is 10.4 Å². The number of carbonyl (C=O) groups excluding carboxylic acids is 1. The van der Waals surface area contributed by atoms with Crippen LogP contribution in [0.3, 0.4) is 0 Å². The van der Waals surface area contributed by atoms with Crippen molar-refractivity contribution in [1.29, 1.82) is 0 Å². The van der Waals surface area contributed by atoms with E-state index < -0.39 is 22.3 Å². The number of rotatable bonds is 7. The number of amides is 1. The Morgan fingerprint density at radius 3 is 2.63 bits per heavy atom. The van der Waals surface area contributed by atoms with Crippen LogP contribution in [-0.2, 0) is 4.79 Å². The summed E-state index contributed by atoms with van der Waals surface area (Å²) in [4.78, 5) is 34.2. The largest absolute Gasteiger partial charge is 0.481 e.